The molecule has 3 heterocycles. The van der Waals surface area contributed by atoms with Crippen molar-refractivity contribution < 1.29 is 0 Å². The van der Waals surface area contributed by atoms with E-state index in [1.165, 1.54) is 70.1 Å². The summed E-state index contributed by atoms with van der Waals surface area (Å²) in [4.78, 5) is 7.05. The van der Waals surface area contributed by atoms with Crippen LogP contribution in [0.5, 0.6) is 0 Å². The number of rotatable bonds is 14. The molecule has 2 aromatic rings. The highest BCUT2D eigenvalue weighted by Gasteiger charge is 2.25. The molecule has 0 amide bonds. The Hall–Kier alpha value is -0.820. The first-order valence-corrected chi connectivity index (χ1v) is 16.7. The number of hydrogen-bond donors (Lipinski definition) is 1. The summed E-state index contributed by atoms with van der Waals surface area (Å²) in [6.07, 6.45) is 14.1. The minimum absolute atomic E-state index is 0.485. The lowest BCUT2D eigenvalue weighted by Crippen LogP contribution is -2.16. The molecule has 2 nitrogen and oxygen atoms in total. The van der Waals surface area contributed by atoms with E-state index in [1.54, 1.807) is 22.7 Å². The minimum atomic E-state index is 0.485. The Balaban J connectivity index is 1.81. The van der Waals surface area contributed by atoms with E-state index < -0.39 is 0 Å². The molecule has 3 rings (SSSR count). The molecular weight excluding hydrogens is 612 g/mol. The van der Waals surface area contributed by atoms with Gasteiger partial charge in [-0.05, 0) is 79.8 Å². The zero-order valence-electron chi connectivity index (χ0n) is 22.2. The maximum Gasteiger partial charge on any atom is 0.0890 e. The second-order valence-corrected chi connectivity index (χ2v) is 14.7. The Kier molecular flexibility index (Phi) is 11.9. The van der Waals surface area contributed by atoms with Crippen LogP contribution in [0.25, 0.3) is 5.57 Å². The van der Waals surface area contributed by atoms with Gasteiger partial charge >= 0.3 is 0 Å². The molecule has 196 valence electrons. The summed E-state index contributed by atoms with van der Waals surface area (Å²) in [7, 11) is 0. The van der Waals surface area contributed by atoms with E-state index in [4.69, 9.17) is 10.4 Å². The van der Waals surface area contributed by atoms with E-state index in [-0.39, 0.29) is 0 Å². The average Bonchev–Trinajstić information content (AvgIpc) is 3.42. The molecule has 2 unspecified atom stereocenters. The van der Waals surface area contributed by atoms with Crippen molar-refractivity contribution in [1.82, 2.24) is 0 Å². The zero-order valence-corrected chi connectivity index (χ0v) is 27.0. The number of nitrogens with one attached hydrogen (secondary N) is 1. The van der Waals surface area contributed by atoms with Crippen molar-refractivity contribution in [2.45, 2.75) is 91.9 Å². The van der Waals surface area contributed by atoms with Gasteiger partial charge in [0.05, 0.1) is 23.9 Å². The third-order valence-corrected chi connectivity index (χ3v) is 11.3. The molecule has 1 aliphatic rings. The van der Waals surface area contributed by atoms with Gasteiger partial charge in [-0.25, -0.2) is 0 Å². The fourth-order valence-electron chi connectivity index (χ4n) is 4.80. The summed E-state index contributed by atoms with van der Waals surface area (Å²) >= 11 is 11.0. The van der Waals surface area contributed by atoms with Crippen LogP contribution in [-0.4, -0.2) is 11.4 Å². The van der Waals surface area contributed by atoms with E-state index >= 15 is 0 Å². The second-order valence-electron chi connectivity index (χ2n) is 9.93. The van der Waals surface area contributed by atoms with E-state index in [0.717, 1.165) is 33.9 Å². The summed E-state index contributed by atoms with van der Waals surface area (Å²) in [6.45, 7) is 13.4. The standard InChI is InChI=1S/C30H40Br2N2S2/c1-6-10-12-20(8-3)14-22-16-25(35-29(22)31)24-18-34-28(19(5)27(24)33)26-17-23(30(32)36-26)15-21(9-4)13-11-7-2/h16-18,20-21,33H,5-15H2,1-4H3. The highest BCUT2D eigenvalue weighted by Crippen LogP contribution is 2.39. The number of allylic oxidation sites excluding steroid dienone is 2. The molecule has 2 aromatic heterocycles. The molecule has 0 saturated carbocycles. The van der Waals surface area contributed by atoms with Crippen molar-refractivity contribution in [3.05, 3.63) is 58.9 Å². The van der Waals surface area contributed by atoms with Crippen LogP contribution in [0, 0.1) is 17.2 Å². The van der Waals surface area contributed by atoms with Crippen molar-refractivity contribution in [3.8, 4) is 0 Å². The Bertz CT molecular complexity index is 1030. The molecule has 1 N–H and O–H groups in total. The number of aliphatic imine (C=N–C) groups is 1. The van der Waals surface area contributed by atoms with Gasteiger partial charge in [-0.3, -0.25) is 10.4 Å². The first kappa shape index (κ1) is 29.7. The molecular formula is C30H40Br2N2S2. The van der Waals surface area contributed by atoms with Crippen molar-refractivity contribution in [1.29, 1.82) is 5.41 Å². The summed E-state index contributed by atoms with van der Waals surface area (Å²) in [5, 5.41) is 8.93. The molecule has 0 radical (unpaired) electrons. The topological polar surface area (TPSA) is 36.2 Å². The second kappa shape index (κ2) is 14.4. The predicted octanol–water partition coefficient (Wildman–Crippen LogP) is 11.3. The Labute approximate surface area is 243 Å². The lowest BCUT2D eigenvalue weighted by atomic mass is 9.91. The number of unbranched alkanes of at least 4 members (excludes halogenated alkanes) is 2. The average molecular weight is 653 g/mol. The maximum atomic E-state index is 8.93. The smallest absolute Gasteiger partial charge is 0.0890 e. The third kappa shape index (κ3) is 7.39. The molecule has 1 aliphatic heterocycles. The van der Waals surface area contributed by atoms with Crippen molar-refractivity contribution in [2.75, 3.05) is 0 Å². The van der Waals surface area contributed by atoms with E-state index in [0.29, 0.717) is 23.1 Å². The van der Waals surface area contributed by atoms with Gasteiger partial charge in [-0.15, -0.1) is 22.7 Å². The molecule has 36 heavy (non-hydrogen) atoms. The van der Waals surface area contributed by atoms with Crippen LogP contribution in [0.4, 0.5) is 0 Å². The van der Waals surface area contributed by atoms with E-state index in [2.05, 4.69) is 78.3 Å². The molecule has 0 saturated heterocycles. The summed E-state index contributed by atoms with van der Waals surface area (Å²) in [5.74, 6) is 1.43. The molecule has 0 spiro atoms. The molecule has 0 fully saturated rings. The van der Waals surface area contributed by atoms with E-state index in [9.17, 15) is 0 Å². The van der Waals surface area contributed by atoms with Gasteiger partial charge < -0.3 is 0 Å². The quantitative estimate of drug-likeness (QED) is 0.211. The van der Waals surface area contributed by atoms with Crippen molar-refractivity contribution >= 4 is 71.5 Å². The number of nitrogens with zero attached hydrogens (tertiary/aromatic N) is 1. The molecule has 0 aliphatic carbocycles. The molecule has 6 heteroatoms. The van der Waals surface area contributed by atoms with E-state index in [1.807, 2.05) is 6.20 Å². The largest absolute Gasteiger partial charge is 0.299 e. The lowest BCUT2D eigenvalue weighted by molar-refractivity contribution is 0.449. The van der Waals surface area contributed by atoms with Gasteiger partial charge in [-0.2, -0.15) is 0 Å². The monoisotopic (exact) mass is 650 g/mol. The first-order chi connectivity index (χ1) is 17.3. The van der Waals surface area contributed by atoms with Crippen LogP contribution in [0.15, 0.2) is 43.0 Å². The zero-order chi connectivity index (χ0) is 26.2. The number of halogens is 2. The highest BCUT2D eigenvalue weighted by molar-refractivity contribution is 9.11. The van der Waals surface area contributed by atoms with Crippen LogP contribution < -0.4 is 0 Å². The minimum Gasteiger partial charge on any atom is -0.299 e. The lowest BCUT2D eigenvalue weighted by Gasteiger charge is -2.16. The molecule has 2 atom stereocenters. The normalized spacial score (nSPS) is 15.7. The van der Waals surface area contributed by atoms with Crippen LogP contribution in [0.2, 0.25) is 0 Å². The fraction of sp³-hybridized carbons (Fsp3) is 0.533. The van der Waals surface area contributed by atoms with Gasteiger partial charge in [0, 0.05) is 22.2 Å². The van der Waals surface area contributed by atoms with Gasteiger partial charge in [0.1, 0.15) is 0 Å². The van der Waals surface area contributed by atoms with Gasteiger partial charge in [-0.1, -0.05) is 85.6 Å². The van der Waals surface area contributed by atoms with Gasteiger partial charge in [0.2, 0.25) is 0 Å². The van der Waals surface area contributed by atoms with Gasteiger partial charge in [0.25, 0.3) is 0 Å². The number of hydrogen-bond acceptors (Lipinski definition) is 4. The van der Waals surface area contributed by atoms with Gasteiger partial charge in [0.15, 0.2) is 0 Å². The summed E-state index contributed by atoms with van der Waals surface area (Å²) in [6, 6.07) is 4.53. The summed E-state index contributed by atoms with van der Waals surface area (Å²) in [5.41, 5.74) is 5.63. The van der Waals surface area contributed by atoms with Crippen LogP contribution in [0.3, 0.4) is 0 Å². The van der Waals surface area contributed by atoms with Crippen molar-refractivity contribution in [2.24, 2.45) is 16.8 Å². The predicted molar refractivity (Wildman–Crippen MR) is 169 cm³/mol. The SMILES string of the molecule is C=C1C(=N)C(c2cc(CC(CC)CCCC)c(Br)s2)=CN=C1c1cc(CC(CC)CCCC)c(Br)s1. The third-order valence-electron chi connectivity index (χ3n) is 7.30. The van der Waals surface area contributed by atoms with Crippen molar-refractivity contribution in [3.63, 3.8) is 0 Å². The molecule has 0 bridgehead atoms. The van der Waals surface area contributed by atoms with Crippen LogP contribution >= 0.6 is 54.5 Å². The highest BCUT2D eigenvalue weighted by atomic mass is 79.9. The Morgan fingerprint density at radius 3 is 1.86 bits per heavy atom. The van der Waals surface area contributed by atoms with Crippen LogP contribution in [-0.2, 0) is 12.8 Å². The fourth-order valence-corrected chi connectivity index (χ4v) is 8.27. The summed E-state index contributed by atoms with van der Waals surface area (Å²) < 4.78 is 2.37. The van der Waals surface area contributed by atoms with Crippen LogP contribution in [0.1, 0.15) is 99.9 Å². The maximum absolute atomic E-state index is 8.93. The Morgan fingerprint density at radius 1 is 0.861 bits per heavy atom. The molecule has 0 aromatic carbocycles. The number of thiophene rings is 2. The first-order valence-electron chi connectivity index (χ1n) is 13.5. The Morgan fingerprint density at radius 2 is 1.36 bits per heavy atom.